The minimum atomic E-state index is -3.31. The largest absolute Gasteiger partial charge is 0.345 e. The van der Waals surface area contributed by atoms with E-state index in [1.807, 2.05) is 30.4 Å². The third kappa shape index (κ3) is 5.47. The van der Waals surface area contributed by atoms with Gasteiger partial charge in [-0.25, -0.2) is 23.4 Å². The first-order valence-electron chi connectivity index (χ1n) is 11.5. The van der Waals surface area contributed by atoms with Crippen LogP contribution in [0.25, 0.3) is 23.5 Å². The molecular weight excluding hydrogens is 460 g/mol. The number of sulfone groups is 1. The third-order valence-electron chi connectivity index (χ3n) is 5.96. The van der Waals surface area contributed by atoms with Crippen LogP contribution in [0.3, 0.4) is 0 Å². The van der Waals surface area contributed by atoms with Gasteiger partial charge >= 0.3 is 0 Å². The quantitative estimate of drug-likeness (QED) is 0.357. The minimum absolute atomic E-state index is 0.320. The molecule has 0 radical (unpaired) electrons. The number of aromatic nitrogens is 4. The Labute approximate surface area is 204 Å². The van der Waals surface area contributed by atoms with Gasteiger partial charge in [0.2, 0.25) is 5.95 Å². The van der Waals surface area contributed by atoms with Gasteiger partial charge in [-0.3, -0.25) is 0 Å². The van der Waals surface area contributed by atoms with Crippen molar-refractivity contribution in [2.45, 2.75) is 23.0 Å². The predicted molar refractivity (Wildman–Crippen MR) is 138 cm³/mol. The molecule has 5 rings (SSSR count). The van der Waals surface area contributed by atoms with Crippen molar-refractivity contribution >= 4 is 33.6 Å². The van der Waals surface area contributed by atoms with Gasteiger partial charge in [0.05, 0.1) is 10.1 Å². The fourth-order valence-electron chi connectivity index (χ4n) is 4.05. The number of nitrogens with one attached hydrogen (secondary N) is 3. The molecule has 0 saturated carbocycles. The van der Waals surface area contributed by atoms with E-state index in [4.69, 9.17) is 0 Å². The average Bonchev–Trinajstić information content (AvgIpc) is 3.45. The average molecular weight is 487 g/mol. The van der Waals surface area contributed by atoms with Gasteiger partial charge in [0.25, 0.3) is 0 Å². The number of rotatable bonds is 7. The molecule has 35 heavy (non-hydrogen) atoms. The van der Waals surface area contributed by atoms with Crippen LogP contribution >= 0.6 is 0 Å². The molecule has 178 valence electrons. The maximum absolute atomic E-state index is 12.9. The van der Waals surface area contributed by atoms with E-state index < -0.39 is 9.84 Å². The van der Waals surface area contributed by atoms with E-state index in [1.165, 1.54) is 0 Å². The molecule has 8 nitrogen and oxygen atoms in total. The molecule has 3 N–H and O–H groups in total. The molecule has 2 aromatic carbocycles. The van der Waals surface area contributed by atoms with E-state index in [0.717, 1.165) is 41.3 Å². The van der Waals surface area contributed by atoms with Crippen molar-refractivity contribution < 1.29 is 8.42 Å². The molecule has 1 fully saturated rings. The SMILES string of the molecule is O=S(=O)(c1ccc(Nc2ncc(C=Cc3cccc(-c4ncc[nH]4)c3)cn2)cc1)C1CCNCC1. The van der Waals surface area contributed by atoms with Crippen LogP contribution in [0.1, 0.15) is 24.0 Å². The van der Waals surface area contributed by atoms with Crippen molar-refractivity contribution in [3.05, 3.63) is 84.4 Å². The normalized spacial score (nSPS) is 14.9. The second-order valence-corrected chi connectivity index (χ2v) is 10.6. The molecule has 4 aromatic rings. The molecule has 0 spiro atoms. The summed E-state index contributed by atoms with van der Waals surface area (Å²) in [6.07, 6.45) is 12.2. The van der Waals surface area contributed by atoms with E-state index in [0.29, 0.717) is 23.7 Å². The summed E-state index contributed by atoms with van der Waals surface area (Å²) in [6.45, 7) is 1.48. The van der Waals surface area contributed by atoms with Crippen molar-refractivity contribution in [2.24, 2.45) is 0 Å². The number of aromatic amines is 1. The van der Waals surface area contributed by atoms with E-state index >= 15 is 0 Å². The molecule has 1 saturated heterocycles. The molecule has 3 heterocycles. The van der Waals surface area contributed by atoms with Crippen molar-refractivity contribution in [1.82, 2.24) is 25.3 Å². The van der Waals surface area contributed by atoms with Crippen LogP contribution in [-0.4, -0.2) is 46.7 Å². The van der Waals surface area contributed by atoms with Gasteiger partial charge in [0, 0.05) is 41.6 Å². The highest BCUT2D eigenvalue weighted by atomic mass is 32.2. The Morgan fingerprint density at radius 3 is 2.37 bits per heavy atom. The van der Waals surface area contributed by atoms with E-state index in [-0.39, 0.29) is 5.25 Å². The maximum Gasteiger partial charge on any atom is 0.227 e. The number of nitrogens with zero attached hydrogens (tertiary/aromatic N) is 3. The Balaban J connectivity index is 1.22. The standard InChI is InChI=1S/C26H26N6O2S/c33-35(34,24-10-12-27-13-11-24)23-8-6-22(7-9-23)32-26-30-17-20(18-31-26)5-4-19-2-1-3-21(16-19)25-28-14-15-29-25/h1-9,14-18,24,27H,10-13H2,(H,28,29)(H,30,31,32). The Hall–Kier alpha value is -3.82. The molecule has 9 heteroatoms. The Morgan fingerprint density at radius 1 is 0.914 bits per heavy atom. The molecule has 1 aliphatic rings. The van der Waals surface area contributed by atoms with Crippen molar-refractivity contribution in [3.63, 3.8) is 0 Å². The third-order valence-corrected chi connectivity index (χ3v) is 8.24. The monoisotopic (exact) mass is 486 g/mol. The lowest BCUT2D eigenvalue weighted by molar-refractivity contribution is 0.496. The van der Waals surface area contributed by atoms with Crippen LogP contribution in [0.4, 0.5) is 11.6 Å². The van der Waals surface area contributed by atoms with Gasteiger partial charge in [-0.05, 0) is 61.8 Å². The van der Waals surface area contributed by atoms with Gasteiger partial charge in [-0.1, -0.05) is 30.4 Å². The van der Waals surface area contributed by atoms with Crippen LogP contribution in [0.15, 0.2) is 78.2 Å². The van der Waals surface area contributed by atoms with Crippen LogP contribution < -0.4 is 10.6 Å². The molecule has 1 aliphatic heterocycles. The Kier molecular flexibility index (Phi) is 6.69. The zero-order valence-electron chi connectivity index (χ0n) is 19.1. The molecule has 0 amide bonds. The number of H-pyrrole nitrogens is 1. The Bertz CT molecular complexity index is 1390. The van der Waals surface area contributed by atoms with E-state index in [9.17, 15) is 8.42 Å². The first-order valence-corrected chi connectivity index (χ1v) is 13.0. The maximum atomic E-state index is 12.9. The highest BCUT2D eigenvalue weighted by Crippen LogP contribution is 2.24. The molecule has 0 atom stereocenters. The van der Waals surface area contributed by atoms with Gasteiger partial charge in [-0.15, -0.1) is 0 Å². The summed E-state index contributed by atoms with van der Waals surface area (Å²) >= 11 is 0. The van der Waals surface area contributed by atoms with Crippen LogP contribution in [0.2, 0.25) is 0 Å². The topological polar surface area (TPSA) is 113 Å². The van der Waals surface area contributed by atoms with E-state index in [1.54, 1.807) is 49.1 Å². The van der Waals surface area contributed by atoms with Gasteiger partial charge in [0.15, 0.2) is 9.84 Å². The fourth-order valence-corrected chi connectivity index (χ4v) is 5.81. The van der Waals surface area contributed by atoms with Crippen LogP contribution in [0, 0.1) is 0 Å². The van der Waals surface area contributed by atoms with Crippen molar-refractivity contribution in [1.29, 1.82) is 0 Å². The fraction of sp³-hybridized carbons (Fsp3) is 0.192. The molecular formula is C26H26N6O2S. The summed E-state index contributed by atoms with van der Waals surface area (Å²) in [5, 5.41) is 6.01. The number of anilines is 2. The van der Waals surface area contributed by atoms with Crippen LogP contribution in [-0.2, 0) is 9.84 Å². The summed E-state index contributed by atoms with van der Waals surface area (Å²) in [4.78, 5) is 16.5. The smallest absolute Gasteiger partial charge is 0.227 e. The van der Waals surface area contributed by atoms with Crippen molar-refractivity contribution in [2.75, 3.05) is 18.4 Å². The minimum Gasteiger partial charge on any atom is -0.345 e. The first kappa shape index (κ1) is 22.9. The van der Waals surface area contributed by atoms with Gasteiger partial charge < -0.3 is 15.6 Å². The lowest BCUT2D eigenvalue weighted by Gasteiger charge is -2.22. The molecule has 2 aromatic heterocycles. The zero-order valence-corrected chi connectivity index (χ0v) is 19.9. The van der Waals surface area contributed by atoms with E-state index in [2.05, 4.69) is 36.6 Å². The number of piperidine rings is 1. The van der Waals surface area contributed by atoms with Crippen molar-refractivity contribution in [3.8, 4) is 11.4 Å². The van der Waals surface area contributed by atoms with Gasteiger partial charge in [-0.2, -0.15) is 0 Å². The number of benzene rings is 2. The summed E-state index contributed by atoms with van der Waals surface area (Å²) in [7, 11) is -3.31. The molecule has 0 bridgehead atoms. The van der Waals surface area contributed by atoms with Crippen LogP contribution in [0.5, 0.6) is 0 Å². The predicted octanol–water partition coefficient (Wildman–Crippen LogP) is 4.31. The van der Waals surface area contributed by atoms with Gasteiger partial charge in [0.1, 0.15) is 5.82 Å². The highest BCUT2D eigenvalue weighted by molar-refractivity contribution is 7.92. The summed E-state index contributed by atoms with van der Waals surface area (Å²) < 4.78 is 25.7. The lowest BCUT2D eigenvalue weighted by Crippen LogP contribution is -2.35. The summed E-state index contributed by atoms with van der Waals surface area (Å²) in [5.41, 5.74) is 3.65. The second kappa shape index (κ2) is 10.2. The lowest BCUT2D eigenvalue weighted by atomic mass is 10.1. The first-order chi connectivity index (χ1) is 17.1. The Morgan fingerprint density at radius 2 is 1.66 bits per heavy atom. The zero-order chi connectivity index (χ0) is 24.1. The summed E-state index contributed by atoms with van der Waals surface area (Å²) in [5.74, 6) is 1.27. The number of hydrogen-bond acceptors (Lipinski definition) is 7. The number of hydrogen-bond donors (Lipinski definition) is 3. The number of imidazole rings is 1. The molecule has 0 aliphatic carbocycles. The second-order valence-electron chi connectivity index (χ2n) is 8.38. The summed E-state index contributed by atoms with van der Waals surface area (Å²) in [6, 6.07) is 14.9. The molecule has 0 unspecified atom stereocenters. The highest BCUT2D eigenvalue weighted by Gasteiger charge is 2.28.